The number of nitrogens with zero attached hydrogens (tertiary/aromatic N) is 2. The van der Waals surface area contributed by atoms with Crippen LogP contribution in [0.15, 0.2) is 33.9 Å². The van der Waals surface area contributed by atoms with Crippen LogP contribution in [0.25, 0.3) is 11.5 Å². The van der Waals surface area contributed by atoms with Gasteiger partial charge in [-0.05, 0) is 31.0 Å². The van der Waals surface area contributed by atoms with Crippen molar-refractivity contribution >= 4 is 35.1 Å². The summed E-state index contributed by atoms with van der Waals surface area (Å²) in [5, 5.41) is 11.4. The summed E-state index contributed by atoms with van der Waals surface area (Å²) in [4.78, 5) is 23.5. The molecule has 1 heterocycles. The van der Waals surface area contributed by atoms with Crippen LogP contribution in [-0.4, -0.2) is 33.7 Å². The highest BCUT2D eigenvalue weighted by Crippen LogP contribution is 2.25. The smallest absolute Gasteiger partial charge is 0.277 e. The molecule has 6 nitrogen and oxygen atoms in total. The molecule has 0 aliphatic heterocycles. The number of ketones is 1. The van der Waals surface area contributed by atoms with Crippen LogP contribution < -0.4 is 5.32 Å². The third-order valence-corrected chi connectivity index (χ3v) is 4.28. The van der Waals surface area contributed by atoms with Crippen molar-refractivity contribution in [1.82, 2.24) is 15.5 Å². The van der Waals surface area contributed by atoms with Crippen molar-refractivity contribution < 1.29 is 14.0 Å². The minimum Gasteiger partial charge on any atom is -0.411 e. The summed E-state index contributed by atoms with van der Waals surface area (Å²) < 4.78 is 5.51. The van der Waals surface area contributed by atoms with E-state index in [1.165, 1.54) is 6.92 Å². The highest BCUT2D eigenvalue weighted by molar-refractivity contribution is 7.99. The second-order valence-corrected chi connectivity index (χ2v) is 6.94. The number of carbonyl (C=O) groups excluding carboxylic acids is 2. The van der Waals surface area contributed by atoms with Gasteiger partial charge in [-0.2, -0.15) is 0 Å². The average Bonchev–Trinajstić information content (AvgIpc) is 2.99. The van der Waals surface area contributed by atoms with Gasteiger partial charge in [-0.3, -0.25) is 9.59 Å². The lowest BCUT2D eigenvalue weighted by atomic mass is 10.0. The van der Waals surface area contributed by atoms with Gasteiger partial charge in [-0.15, -0.1) is 10.2 Å². The Bertz CT molecular complexity index is 733. The number of hydrogen-bond acceptors (Lipinski definition) is 6. The van der Waals surface area contributed by atoms with Gasteiger partial charge in [0.15, 0.2) is 5.78 Å². The van der Waals surface area contributed by atoms with E-state index in [4.69, 9.17) is 16.0 Å². The van der Waals surface area contributed by atoms with Crippen LogP contribution >= 0.6 is 23.4 Å². The number of Topliss-reactive ketones (excluding diaryl/α,β-unsaturated/α-hetero) is 1. The lowest BCUT2D eigenvalue weighted by Gasteiger charge is -2.18. The van der Waals surface area contributed by atoms with Crippen molar-refractivity contribution in [2.45, 2.75) is 32.0 Å². The molecule has 0 fully saturated rings. The van der Waals surface area contributed by atoms with Gasteiger partial charge in [0.1, 0.15) is 0 Å². The van der Waals surface area contributed by atoms with Crippen LogP contribution in [0.5, 0.6) is 0 Å². The largest absolute Gasteiger partial charge is 0.411 e. The molecule has 2 aromatic rings. The van der Waals surface area contributed by atoms with Gasteiger partial charge >= 0.3 is 0 Å². The number of amides is 1. The summed E-state index contributed by atoms with van der Waals surface area (Å²) >= 11 is 7.05. The number of rotatable bonds is 7. The molecule has 0 saturated carbocycles. The molecule has 2 rings (SSSR count). The van der Waals surface area contributed by atoms with Gasteiger partial charge in [0.25, 0.3) is 5.22 Å². The van der Waals surface area contributed by atoms with E-state index >= 15 is 0 Å². The van der Waals surface area contributed by atoms with Gasteiger partial charge in [-0.1, -0.05) is 43.3 Å². The normalized spacial score (nSPS) is 12.2. The standard InChI is InChI=1S/C16H18ClN3O3S/c1-9(2)14(10(3)21)18-13(22)8-24-16-20-19-15(23-16)11-5-4-6-12(17)7-11/h4-7,9,14H,8H2,1-3H3,(H,18,22). The Hall–Kier alpha value is -1.86. The molecule has 8 heteroatoms. The van der Waals surface area contributed by atoms with E-state index in [0.29, 0.717) is 16.5 Å². The predicted molar refractivity (Wildman–Crippen MR) is 92.9 cm³/mol. The summed E-state index contributed by atoms with van der Waals surface area (Å²) in [5.74, 6) is 0.146. The zero-order valence-electron chi connectivity index (χ0n) is 13.6. The maximum atomic E-state index is 12.0. The fourth-order valence-corrected chi connectivity index (χ4v) is 2.85. The number of thioether (sulfide) groups is 1. The molecule has 1 atom stereocenters. The fraction of sp³-hybridized carbons (Fsp3) is 0.375. The van der Waals surface area contributed by atoms with Gasteiger partial charge in [-0.25, -0.2) is 0 Å². The maximum absolute atomic E-state index is 12.0. The number of aromatic nitrogens is 2. The summed E-state index contributed by atoms with van der Waals surface area (Å²) in [6, 6.07) is 6.58. The molecule has 0 radical (unpaired) electrons. The molecular weight excluding hydrogens is 350 g/mol. The number of carbonyl (C=O) groups is 2. The number of halogens is 1. The van der Waals surface area contributed by atoms with Crippen molar-refractivity contribution in [1.29, 1.82) is 0 Å². The Morgan fingerprint density at radius 1 is 1.33 bits per heavy atom. The van der Waals surface area contributed by atoms with Crippen LogP contribution in [0, 0.1) is 5.92 Å². The third-order valence-electron chi connectivity index (χ3n) is 3.23. The average molecular weight is 368 g/mol. The van der Waals surface area contributed by atoms with E-state index in [2.05, 4.69) is 15.5 Å². The highest BCUT2D eigenvalue weighted by Gasteiger charge is 2.21. The van der Waals surface area contributed by atoms with Crippen LogP contribution in [0.4, 0.5) is 0 Å². The third kappa shape index (κ3) is 5.07. The van der Waals surface area contributed by atoms with Gasteiger partial charge in [0, 0.05) is 10.6 Å². The Kier molecular flexibility index (Phi) is 6.39. The molecule has 24 heavy (non-hydrogen) atoms. The molecule has 0 aliphatic rings. The zero-order valence-corrected chi connectivity index (χ0v) is 15.1. The maximum Gasteiger partial charge on any atom is 0.277 e. The molecule has 1 amide bonds. The molecule has 1 aromatic heterocycles. The van der Waals surface area contributed by atoms with Gasteiger partial charge in [0.2, 0.25) is 11.8 Å². The van der Waals surface area contributed by atoms with Crippen LogP contribution in [0.3, 0.4) is 0 Å². The topological polar surface area (TPSA) is 85.1 Å². The van der Waals surface area contributed by atoms with Crippen molar-refractivity contribution in [3.63, 3.8) is 0 Å². The molecule has 1 N–H and O–H groups in total. The highest BCUT2D eigenvalue weighted by atomic mass is 35.5. The SMILES string of the molecule is CC(=O)C(NC(=O)CSc1nnc(-c2cccc(Cl)c2)o1)C(C)C. The molecule has 0 aliphatic carbocycles. The number of nitrogens with one attached hydrogen (secondary N) is 1. The first kappa shape index (κ1) is 18.5. The molecule has 1 aromatic carbocycles. The van der Waals surface area contributed by atoms with Crippen LogP contribution in [-0.2, 0) is 9.59 Å². The lowest BCUT2D eigenvalue weighted by Crippen LogP contribution is -2.44. The van der Waals surface area contributed by atoms with Crippen LogP contribution in [0.2, 0.25) is 5.02 Å². The van der Waals surface area contributed by atoms with Crippen LogP contribution in [0.1, 0.15) is 20.8 Å². The quantitative estimate of drug-likeness (QED) is 0.756. The van der Waals surface area contributed by atoms with Crippen molar-refractivity contribution in [3.05, 3.63) is 29.3 Å². The summed E-state index contributed by atoms with van der Waals surface area (Å²) in [7, 11) is 0. The molecule has 0 spiro atoms. The first-order chi connectivity index (χ1) is 11.4. The monoisotopic (exact) mass is 367 g/mol. The van der Waals surface area contributed by atoms with Crippen molar-refractivity contribution in [3.8, 4) is 11.5 Å². The fourth-order valence-electron chi connectivity index (χ4n) is 2.09. The van der Waals surface area contributed by atoms with E-state index in [9.17, 15) is 9.59 Å². The Morgan fingerprint density at radius 2 is 2.08 bits per heavy atom. The Labute approximate surface area is 149 Å². The van der Waals surface area contributed by atoms with Gasteiger partial charge in [0.05, 0.1) is 11.8 Å². The number of hydrogen-bond donors (Lipinski definition) is 1. The van der Waals surface area contributed by atoms with E-state index < -0.39 is 6.04 Å². The molecule has 0 saturated heterocycles. The second-order valence-electron chi connectivity index (χ2n) is 5.57. The first-order valence-corrected chi connectivity index (χ1v) is 8.75. The van der Waals surface area contributed by atoms with E-state index in [0.717, 1.165) is 11.8 Å². The summed E-state index contributed by atoms with van der Waals surface area (Å²) in [5.41, 5.74) is 0.711. The molecule has 0 bridgehead atoms. The Morgan fingerprint density at radius 3 is 2.71 bits per heavy atom. The van der Waals surface area contributed by atoms with E-state index in [1.807, 2.05) is 13.8 Å². The first-order valence-electron chi connectivity index (χ1n) is 7.39. The zero-order chi connectivity index (χ0) is 17.7. The second kappa shape index (κ2) is 8.30. The van der Waals surface area contributed by atoms with E-state index in [-0.39, 0.29) is 28.6 Å². The van der Waals surface area contributed by atoms with Gasteiger partial charge < -0.3 is 9.73 Å². The predicted octanol–water partition coefficient (Wildman–Crippen LogP) is 3.21. The Balaban J connectivity index is 1.93. The number of benzene rings is 1. The van der Waals surface area contributed by atoms with E-state index in [1.54, 1.807) is 24.3 Å². The summed E-state index contributed by atoms with van der Waals surface area (Å²) in [6.07, 6.45) is 0. The molecular formula is C16H18ClN3O3S. The lowest BCUT2D eigenvalue weighted by molar-refractivity contribution is -0.126. The minimum absolute atomic E-state index is 0.0364. The molecule has 1 unspecified atom stereocenters. The minimum atomic E-state index is -0.484. The summed E-state index contributed by atoms with van der Waals surface area (Å²) in [6.45, 7) is 5.23. The molecule has 128 valence electrons. The van der Waals surface area contributed by atoms with Crippen molar-refractivity contribution in [2.24, 2.45) is 5.92 Å². The van der Waals surface area contributed by atoms with Crippen molar-refractivity contribution in [2.75, 3.05) is 5.75 Å².